The quantitative estimate of drug-likeness (QED) is 0.579. The Morgan fingerprint density at radius 2 is 2.15 bits per heavy atom. The molecule has 0 aromatic rings. The molecule has 116 valence electrons. The van der Waals surface area contributed by atoms with Crippen molar-refractivity contribution in [1.29, 1.82) is 0 Å². The summed E-state index contributed by atoms with van der Waals surface area (Å²) in [6, 6.07) is -0.980. The van der Waals surface area contributed by atoms with Gasteiger partial charge in [-0.25, -0.2) is 4.79 Å². The molecule has 6 nitrogen and oxygen atoms in total. The lowest BCUT2D eigenvalue weighted by Crippen LogP contribution is -2.52. The summed E-state index contributed by atoms with van der Waals surface area (Å²) in [6.45, 7) is 6.77. The van der Waals surface area contributed by atoms with E-state index >= 15 is 0 Å². The molecular weight excluding hydrogens is 258 g/mol. The van der Waals surface area contributed by atoms with Crippen molar-refractivity contribution in [2.75, 3.05) is 13.2 Å². The molecule has 0 aromatic heterocycles. The van der Waals surface area contributed by atoms with Crippen molar-refractivity contribution >= 4 is 11.9 Å². The van der Waals surface area contributed by atoms with Gasteiger partial charge in [0.15, 0.2) is 0 Å². The molecule has 0 spiro atoms. The SMILES string of the molecule is CCOC(=O)C(CC1CCCN1)NC(=O)[C@@H](N)C(C)C. The zero-order valence-corrected chi connectivity index (χ0v) is 12.6. The fourth-order valence-electron chi connectivity index (χ4n) is 2.27. The number of nitrogens with one attached hydrogen (secondary N) is 2. The van der Waals surface area contributed by atoms with Crippen LogP contribution in [0.1, 0.15) is 40.0 Å². The topological polar surface area (TPSA) is 93.5 Å². The van der Waals surface area contributed by atoms with Crippen molar-refractivity contribution in [3.63, 3.8) is 0 Å². The molecule has 6 heteroatoms. The molecule has 2 unspecified atom stereocenters. The van der Waals surface area contributed by atoms with E-state index in [0.717, 1.165) is 19.4 Å². The molecule has 0 saturated carbocycles. The third kappa shape index (κ3) is 5.09. The molecule has 1 fully saturated rings. The maximum absolute atomic E-state index is 12.0. The first kappa shape index (κ1) is 16.9. The number of hydrogen-bond donors (Lipinski definition) is 3. The zero-order valence-electron chi connectivity index (χ0n) is 12.6. The summed E-state index contributed by atoms with van der Waals surface area (Å²) in [7, 11) is 0. The Balaban J connectivity index is 2.61. The Morgan fingerprint density at radius 3 is 2.65 bits per heavy atom. The summed E-state index contributed by atoms with van der Waals surface area (Å²) >= 11 is 0. The van der Waals surface area contributed by atoms with E-state index in [0.29, 0.717) is 13.0 Å². The van der Waals surface area contributed by atoms with Crippen LogP contribution in [0.15, 0.2) is 0 Å². The van der Waals surface area contributed by atoms with Gasteiger partial charge in [-0.1, -0.05) is 13.8 Å². The maximum Gasteiger partial charge on any atom is 0.328 e. The second kappa shape index (κ2) is 8.21. The van der Waals surface area contributed by atoms with E-state index in [2.05, 4.69) is 10.6 Å². The van der Waals surface area contributed by atoms with Gasteiger partial charge in [-0.2, -0.15) is 0 Å². The van der Waals surface area contributed by atoms with Crippen molar-refractivity contribution in [3.05, 3.63) is 0 Å². The summed E-state index contributed by atoms with van der Waals surface area (Å²) in [5, 5.41) is 6.05. The number of amides is 1. The van der Waals surface area contributed by atoms with Crippen molar-refractivity contribution in [3.8, 4) is 0 Å². The van der Waals surface area contributed by atoms with Crippen LogP contribution in [-0.2, 0) is 14.3 Å². The second-order valence-electron chi connectivity index (χ2n) is 5.61. The summed E-state index contributed by atoms with van der Waals surface area (Å²) < 4.78 is 5.03. The molecule has 20 heavy (non-hydrogen) atoms. The second-order valence-corrected chi connectivity index (χ2v) is 5.61. The van der Waals surface area contributed by atoms with Crippen molar-refractivity contribution < 1.29 is 14.3 Å². The van der Waals surface area contributed by atoms with Gasteiger partial charge in [0, 0.05) is 6.04 Å². The number of carbonyl (C=O) groups is 2. The average molecular weight is 285 g/mol. The van der Waals surface area contributed by atoms with Crippen LogP contribution in [0.25, 0.3) is 0 Å². The number of esters is 1. The van der Waals surface area contributed by atoms with Gasteiger partial charge in [-0.3, -0.25) is 4.79 Å². The lowest BCUT2D eigenvalue weighted by molar-refractivity contribution is -0.148. The fraction of sp³-hybridized carbons (Fsp3) is 0.857. The highest BCUT2D eigenvalue weighted by Gasteiger charge is 2.29. The molecular formula is C14H27N3O3. The van der Waals surface area contributed by atoms with Crippen LogP contribution < -0.4 is 16.4 Å². The molecule has 1 amide bonds. The molecule has 3 atom stereocenters. The molecule has 0 aliphatic carbocycles. The Hall–Kier alpha value is -1.14. The minimum absolute atomic E-state index is 0.0300. The Morgan fingerprint density at radius 1 is 1.45 bits per heavy atom. The number of carbonyl (C=O) groups excluding carboxylic acids is 2. The van der Waals surface area contributed by atoms with Crippen LogP contribution in [0.2, 0.25) is 0 Å². The largest absolute Gasteiger partial charge is 0.464 e. The fourth-order valence-corrected chi connectivity index (χ4v) is 2.27. The van der Waals surface area contributed by atoms with Gasteiger partial charge in [0.2, 0.25) is 5.91 Å². The summed E-state index contributed by atoms with van der Waals surface area (Å²) in [5.41, 5.74) is 5.81. The van der Waals surface area contributed by atoms with Crippen molar-refractivity contribution in [1.82, 2.24) is 10.6 Å². The van der Waals surface area contributed by atoms with E-state index in [-0.39, 0.29) is 23.8 Å². The first-order valence-electron chi connectivity index (χ1n) is 7.41. The monoisotopic (exact) mass is 285 g/mol. The highest BCUT2D eigenvalue weighted by Crippen LogP contribution is 2.12. The van der Waals surface area contributed by atoms with Gasteiger partial charge in [-0.05, 0) is 38.6 Å². The Kier molecular flexibility index (Phi) is 6.95. The van der Waals surface area contributed by atoms with Gasteiger partial charge in [0.25, 0.3) is 0 Å². The van der Waals surface area contributed by atoms with E-state index in [4.69, 9.17) is 10.5 Å². The van der Waals surface area contributed by atoms with Crippen LogP contribution >= 0.6 is 0 Å². The first-order chi connectivity index (χ1) is 9.45. The smallest absolute Gasteiger partial charge is 0.328 e. The predicted molar refractivity (Wildman–Crippen MR) is 77.0 cm³/mol. The molecule has 4 N–H and O–H groups in total. The van der Waals surface area contributed by atoms with Gasteiger partial charge >= 0.3 is 5.97 Å². The number of rotatable bonds is 7. The molecule has 0 bridgehead atoms. The van der Waals surface area contributed by atoms with Gasteiger partial charge < -0.3 is 21.1 Å². The number of nitrogens with two attached hydrogens (primary N) is 1. The van der Waals surface area contributed by atoms with E-state index in [1.165, 1.54) is 0 Å². The zero-order chi connectivity index (χ0) is 15.1. The average Bonchev–Trinajstić information content (AvgIpc) is 2.90. The van der Waals surface area contributed by atoms with E-state index < -0.39 is 12.1 Å². The highest BCUT2D eigenvalue weighted by molar-refractivity contribution is 5.87. The third-order valence-electron chi connectivity index (χ3n) is 3.59. The number of hydrogen-bond acceptors (Lipinski definition) is 5. The first-order valence-corrected chi connectivity index (χ1v) is 7.41. The van der Waals surface area contributed by atoms with E-state index in [9.17, 15) is 9.59 Å². The van der Waals surface area contributed by atoms with Crippen LogP contribution in [0, 0.1) is 5.92 Å². The minimum Gasteiger partial charge on any atom is -0.464 e. The van der Waals surface area contributed by atoms with Crippen molar-refractivity contribution in [2.45, 2.75) is 58.2 Å². The molecule has 0 aromatic carbocycles. The maximum atomic E-state index is 12.0. The van der Waals surface area contributed by atoms with Crippen LogP contribution in [-0.4, -0.2) is 43.2 Å². The minimum atomic E-state index is -0.622. The summed E-state index contributed by atoms with van der Waals surface area (Å²) in [6.07, 6.45) is 2.66. The lowest BCUT2D eigenvalue weighted by Gasteiger charge is -2.23. The van der Waals surface area contributed by atoms with Gasteiger partial charge in [0.05, 0.1) is 12.6 Å². The van der Waals surface area contributed by atoms with Gasteiger partial charge in [-0.15, -0.1) is 0 Å². The van der Waals surface area contributed by atoms with Crippen LogP contribution in [0.4, 0.5) is 0 Å². The summed E-state index contributed by atoms with van der Waals surface area (Å²) in [4.78, 5) is 24.0. The predicted octanol–water partition coefficient (Wildman–Crippen LogP) is 0.160. The summed E-state index contributed by atoms with van der Waals surface area (Å²) in [5.74, 6) is -0.649. The Labute approximate surface area is 120 Å². The molecule has 1 saturated heterocycles. The van der Waals surface area contributed by atoms with E-state index in [1.54, 1.807) is 6.92 Å². The Bertz CT molecular complexity index is 328. The molecule has 1 aliphatic rings. The van der Waals surface area contributed by atoms with E-state index in [1.807, 2.05) is 13.8 Å². The van der Waals surface area contributed by atoms with Gasteiger partial charge in [0.1, 0.15) is 6.04 Å². The van der Waals surface area contributed by atoms with Crippen molar-refractivity contribution in [2.24, 2.45) is 11.7 Å². The third-order valence-corrected chi connectivity index (χ3v) is 3.59. The molecule has 0 radical (unpaired) electrons. The molecule has 1 aliphatic heterocycles. The highest BCUT2D eigenvalue weighted by atomic mass is 16.5. The standard InChI is InChI=1S/C14H27N3O3/c1-4-20-14(19)11(8-10-6-5-7-16-10)17-13(18)12(15)9(2)3/h9-12,16H,4-8,15H2,1-3H3,(H,17,18)/t10?,11?,12-/m0/s1. The normalized spacial score (nSPS) is 21.6. The number of ether oxygens (including phenoxy) is 1. The lowest BCUT2D eigenvalue weighted by atomic mass is 10.0. The molecule has 1 heterocycles. The molecule has 1 rings (SSSR count). The van der Waals surface area contributed by atoms with Crippen LogP contribution in [0.5, 0.6) is 0 Å². The van der Waals surface area contributed by atoms with Crippen LogP contribution in [0.3, 0.4) is 0 Å².